The van der Waals surface area contributed by atoms with E-state index in [-0.39, 0.29) is 51.4 Å². The van der Waals surface area contributed by atoms with Crippen molar-refractivity contribution in [3.63, 3.8) is 0 Å². The molecule has 2 nitrogen and oxygen atoms in total. The largest absolute Gasteiger partial charge is 1.00 e. The topological polar surface area (TPSA) is 17.8 Å². The van der Waals surface area contributed by atoms with Crippen LogP contribution in [0.1, 0.15) is 5.56 Å². The van der Waals surface area contributed by atoms with Crippen molar-refractivity contribution in [2.45, 2.75) is 6.42 Å². The van der Waals surface area contributed by atoms with Crippen molar-refractivity contribution in [3.8, 4) is 0 Å². The fraction of sp³-hybridized carbons (Fsp3) is 0.200. The van der Waals surface area contributed by atoms with Gasteiger partial charge in [-0.1, -0.05) is 23.8 Å². The molecule has 0 bridgehead atoms. The van der Waals surface area contributed by atoms with Gasteiger partial charge in [-0.05, 0) is 0 Å². The van der Waals surface area contributed by atoms with Gasteiger partial charge in [0.15, 0.2) is 0 Å². The molecule has 0 atom stereocenters. The summed E-state index contributed by atoms with van der Waals surface area (Å²) in [5.74, 6) is 0. The van der Waals surface area contributed by atoms with Gasteiger partial charge < -0.3 is 6.92 Å². The predicted molar refractivity (Wildman–Crippen MR) is 49.8 cm³/mol. The molecule has 0 fully saturated rings. The fourth-order valence-corrected chi connectivity index (χ4v) is 1.52. The third kappa shape index (κ3) is 2.05. The van der Waals surface area contributed by atoms with Crippen LogP contribution in [0.5, 0.6) is 0 Å². The van der Waals surface area contributed by atoms with Crippen molar-refractivity contribution in [1.82, 2.24) is 9.78 Å². The average Bonchev–Trinajstić information content (AvgIpc) is 2.48. The molecule has 0 saturated heterocycles. The minimum absolute atomic E-state index is 0. The Balaban J connectivity index is 0.000000845. The summed E-state index contributed by atoms with van der Waals surface area (Å²) >= 11 is 0. The van der Waals surface area contributed by atoms with Gasteiger partial charge in [0.2, 0.25) is 0 Å². The zero-order valence-electron chi connectivity index (χ0n) is 8.12. The molecule has 1 heterocycles. The van der Waals surface area contributed by atoms with Crippen LogP contribution in [0.15, 0.2) is 24.4 Å². The van der Waals surface area contributed by atoms with Gasteiger partial charge in [0.1, 0.15) is 0 Å². The third-order valence-corrected chi connectivity index (χ3v) is 2.11. The maximum absolute atomic E-state index is 4.19. The number of hydrogen-bond donors (Lipinski definition) is 0. The number of aryl methyl sites for hydroxylation is 1. The molecule has 2 aromatic rings. The fourth-order valence-electron chi connectivity index (χ4n) is 1.52. The van der Waals surface area contributed by atoms with Gasteiger partial charge in [-0.25, -0.2) is 0 Å². The third-order valence-electron chi connectivity index (χ3n) is 2.11. The zero-order chi connectivity index (χ0) is 8.55. The van der Waals surface area contributed by atoms with Gasteiger partial charge in [-0.2, -0.15) is 11.5 Å². The van der Waals surface area contributed by atoms with Gasteiger partial charge in [0.05, 0.1) is 11.7 Å². The summed E-state index contributed by atoms with van der Waals surface area (Å²) in [6, 6.07) is 6.21. The van der Waals surface area contributed by atoms with E-state index in [1.165, 1.54) is 16.5 Å². The van der Waals surface area contributed by atoms with Crippen LogP contribution in [-0.2, 0) is 13.5 Å². The molecule has 13 heavy (non-hydrogen) atoms. The quantitative estimate of drug-likeness (QED) is 0.422. The van der Waals surface area contributed by atoms with Crippen molar-refractivity contribution in [2.24, 2.45) is 7.05 Å². The van der Waals surface area contributed by atoms with Crippen molar-refractivity contribution >= 4 is 10.9 Å². The van der Waals surface area contributed by atoms with Gasteiger partial charge in [-0.3, -0.25) is 4.68 Å². The van der Waals surface area contributed by atoms with Crippen LogP contribution in [0.2, 0.25) is 0 Å². The summed E-state index contributed by atoms with van der Waals surface area (Å²) in [4.78, 5) is 0. The maximum atomic E-state index is 4.19. The van der Waals surface area contributed by atoms with E-state index in [1.807, 2.05) is 24.0 Å². The molecule has 1 aromatic carbocycles. The average molecular weight is 198 g/mol. The summed E-state index contributed by atoms with van der Waals surface area (Å²) in [5.41, 5.74) is 2.46. The molecule has 0 spiro atoms. The van der Waals surface area contributed by atoms with E-state index in [1.54, 1.807) is 0 Å². The Morgan fingerprint density at radius 2 is 2.23 bits per heavy atom. The van der Waals surface area contributed by atoms with E-state index in [2.05, 4.69) is 24.2 Å². The molecular formula is C10H11KN2. The maximum Gasteiger partial charge on any atom is 1.00 e. The second-order valence-corrected chi connectivity index (χ2v) is 2.87. The standard InChI is InChI=1S/C10H11N2.K/c1-3-8-5-4-6-9-7-11-12(2)10(8)9;/h4-7H,1,3H2,2H3;/q-1;+1. The zero-order valence-corrected chi connectivity index (χ0v) is 11.2. The van der Waals surface area contributed by atoms with Gasteiger partial charge in [-0.15, -0.1) is 0 Å². The SMILES string of the molecule is [CH2-]Cc1cccc2cnn(C)c12.[K+]. The molecule has 0 radical (unpaired) electrons. The summed E-state index contributed by atoms with van der Waals surface area (Å²) in [5, 5.41) is 5.39. The first-order valence-electron chi connectivity index (χ1n) is 4.02. The van der Waals surface area contributed by atoms with E-state index >= 15 is 0 Å². The summed E-state index contributed by atoms with van der Waals surface area (Å²) in [6.45, 7) is 3.89. The number of hydrogen-bond acceptors (Lipinski definition) is 1. The predicted octanol–water partition coefficient (Wildman–Crippen LogP) is -1.05. The number of rotatable bonds is 1. The Bertz CT molecular complexity index is 406. The molecule has 1 aromatic heterocycles. The Labute approximate surface area is 121 Å². The minimum atomic E-state index is 0. The first-order valence-corrected chi connectivity index (χ1v) is 4.02. The Morgan fingerprint density at radius 3 is 2.92 bits per heavy atom. The number of benzene rings is 1. The molecule has 0 amide bonds. The molecular weight excluding hydrogens is 187 g/mol. The normalized spacial score (nSPS) is 10.0. The van der Waals surface area contributed by atoms with Crippen molar-refractivity contribution < 1.29 is 51.4 Å². The first-order chi connectivity index (χ1) is 5.83. The smallest absolute Gasteiger partial charge is 0.339 e. The Morgan fingerprint density at radius 1 is 1.46 bits per heavy atom. The van der Waals surface area contributed by atoms with Crippen molar-refractivity contribution in [1.29, 1.82) is 0 Å². The van der Waals surface area contributed by atoms with E-state index in [4.69, 9.17) is 0 Å². The van der Waals surface area contributed by atoms with Gasteiger partial charge in [0, 0.05) is 12.4 Å². The minimum Gasteiger partial charge on any atom is -0.339 e. The Kier molecular flexibility index (Phi) is 4.13. The summed E-state index contributed by atoms with van der Waals surface area (Å²) in [7, 11) is 1.96. The van der Waals surface area contributed by atoms with Crippen LogP contribution in [0.25, 0.3) is 10.9 Å². The molecule has 3 heteroatoms. The van der Waals surface area contributed by atoms with E-state index in [0.29, 0.717) is 0 Å². The van der Waals surface area contributed by atoms with Crippen LogP contribution in [-0.4, -0.2) is 9.78 Å². The van der Waals surface area contributed by atoms with Crippen LogP contribution in [0.3, 0.4) is 0 Å². The molecule has 0 aliphatic rings. The Hall–Kier alpha value is 0.326. The van der Waals surface area contributed by atoms with Crippen molar-refractivity contribution in [2.75, 3.05) is 0 Å². The molecule has 0 aliphatic carbocycles. The van der Waals surface area contributed by atoms with E-state index in [0.717, 1.165) is 6.42 Å². The second kappa shape index (κ2) is 4.71. The molecule has 2 rings (SSSR count). The van der Waals surface area contributed by atoms with E-state index < -0.39 is 0 Å². The number of fused-ring (bicyclic) bond motifs is 1. The van der Waals surface area contributed by atoms with Crippen LogP contribution >= 0.6 is 0 Å². The summed E-state index contributed by atoms with van der Waals surface area (Å²) < 4.78 is 1.90. The van der Waals surface area contributed by atoms with Crippen LogP contribution in [0.4, 0.5) is 0 Å². The van der Waals surface area contributed by atoms with Crippen LogP contribution in [0, 0.1) is 6.92 Å². The monoisotopic (exact) mass is 198 g/mol. The van der Waals surface area contributed by atoms with E-state index in [9.17, 15) is 0 Å². The number of nitrogens with zero attached hydrogens (tertiary/aromatic N) is 2. The van der Waals surface area contributed by atoms with Gasteiger partial charge >= 0.3 is 51.4 Å². The number of para-hydroxylation sites is 1. The molecule has 0 N–H and O–H groups in total. The van der Waals surface area contributed by atoms with Gasteiger partial charge in [0.25, 0.3) is 0 Å². The first kappa shape index (κ1) is 11.4. The van der Waals surface area contributed by atoms with Crippen LogP contribution < -0.4 is 51.4 Å². The number of aromatic nitrogens is 2. The summed E-state index contributed by atoms with van der Waals surface area (Å²) in [6.07, 6.45) is 2.70. The molecule has 0 aliphatic heterocycles. The molecule has 62 valence electrons. The molecule has 0 saturated carbocycles. The van der Waals surface area contributed by atoms with Crippen molar-refractivity contribution in [3.05, 3.63) is 36.9 Å². The second-order valence-electron chi connectivity index (χ2n) is 2.87. The molecule has 0 unspecified atom stereocenters.